The lowest BCUT2D eigenvalue weighted by molar-refractivity contribution is -0.152. The molecule has 25 heavy (non-hydrogen) atoms. The number of piperidine rings is 1. The Morgan fingerprint density at radius 3 is 2.68 bits per heavy atom. The number of aromatic nitrogens is 1. The summed E-state index contributed by atoms with van der Waals surface area (Å²) >= 11 is 0. The molecule has 1 saturated heterocycles. The fourth-order valence-corrected chi connectivity index (χ4v) is 3.34. The monoisotopic (exact) mass is 342 g/mol. The standard InChI is InChI=1S/C19H19FN2O3/c20-15-5-3-14(4-6-15)18-16(19(24)25)7-8-17(23)22(18)11-9-13-2-1-10-21-12-13/h1-6,10,12,16,18H,7-9,11H2,(H,24,25)/t16-,18-/m1/s1. The van der Waals surface area contributed by atoms with Gasteiger partial charge in [-0.3, -0.25) is 14.6 Å². The van der Waals surface area contributed by atoms with Crippen molar-refractivity contribution >= 4 is 11.9 Å². The summed E-state index contributed by atoms with van der Waals surface area (Å²) in [5, 5.41) is 9.59. The van der Waals surface area contributed by atoms with Crippen LogP contribution in [0.5, 0.6) is 0 Å². The highest BCUT2D eigenvalue weighted by Crippen LogP contribution is 2.37. The summed E-state index contributed by atoms with van der Waals surface area (Å²) in [6.45, 7) is 0.399. The molecule has 2 heterocycles. The van der Waals surface area contributed by atoms with Crippen molar-refractivity contribution in [3.8, 4) is 0 Å². The van der Waals surface area contributed by atoms with Crippen LogP contribution in [0, 0.1) is 11.7 Å². The van der Waals surface area contributed by atoms with Crippen LogP contribution in [0.1, 0.15) is 30.0 Å². The van der Waals surface area contributed by atoms with Gasteiger partial charge in [0, 0.05) is 25.4 Å². The molecule has 3 rings (SSSR count). The number of benzene rings is 1. The predicted octanol–water partition coefficient (Wildman–Crippen LogP) is 2.83. The summed E-state index contributed by atoms with van der Waals surface area (Å²) in [6, 6.07) is 8.88. The summed E-state index contributed by atoms with van der Waals surface area (Å²) in [7, 11) is 0. The molecule has 0 radical (unpaired) electrons. The zero-order chi connectivity index (χ0) is 17.8. The molecule has 1 amide bonds. The molecule has 0 bridgehead atoms. The Morgan fingerprint density at radius 1 is 1.28 bits per heavy atom. The number of halogens is 1. The molecule has 1 N–H and O–H groups in total. The molecular weight excluding hydrogens is 323 g/mol. The lowest BCUT2D eigenvalue weighted by atomic mass is 9.84. The van der Waals surface area contributed by atoms with E-state index >= 15 is 0 Å². The van der Waals surface area contributed by atoms with Crippen LogP contribution in [0.15, 0.2) is 48.8 Å². The van der Waals surface area contributed by atoms with Gasteiger partial charge in [-0.1, -0.05) is 18.2 Å². The average Bonchev–Trinajstić information content (AvgIpc) is 2.62. The number of hydrogen-bond acceptors (Lipinski definition) is 3. The number of rotatable bonds is 5. The van der Waals surface area contributed by atoms with Gasteiger partial charge in [0.1, 0.15) is 5.82 Å². The topological polar surface area (TPSA) is 70.5 Å². The molecule has 130 valence electrons. The zero-order valence-corrected chi connectivity index (χ0v) is 13.6. The number of likely N-dealkylation sites (tertiary alicyclic amines) is 1. The van der Waals surface area contributed by atoms with E-state index in [4.69, 9.17) is 0 Å². The van der Waals surface area contributed by atoms with Crippen molar-refractivity contribution in [1.82, 2.24) is 9.88 Å². The smallest absolute Gasteiger partial charge is 0.308 e. The van der Waals surface area contributed by atoms with Crippen LogP contribution in [-0.4, -0.2) is 33.4 Å². The highest BCUT2D eigenvalue weighted by Gasteiger charge is 2.40. The molecular formula is C19H19FN2O3. The molecule has 0 saturated carbocycles. The first kappa shape index (κ1) is 17.1. The largest absolute Gasteiger partial charge is 0.481 e. The predicted molar refractivity (Wildman–Crippen MR) is 89.2 cm³/mol. The van der Waals surface area contributed by atoms with Crippen molar-refractivity contribution in [3.05, 3.63) is 65.7 Å². The third kappa shape index (κ3) is 3.84. The minimum Gasteiger partial charge on any atom is -0.481 e. The van der Waals surface area contributed by atoms with E-state index in [-0.39, 0.29) is 18.1 Å². The van der Waals surface area contributed by atoms with E-state index in [9.17, 15) is 19.1 Å². The minimum atomic E-state index is -0.937. The van der Waals surface area contributed by atoms with Gasteiger partial charge in [-0.05, 0) is 42.2 Å². The second-order valence-electron chi connectivity index (χ2n) is 6.18. The Bertz CT molecular complexity index is 749. The van der Waals surface area contributed by atoms with Crippen molar-refractivity contribution in [3.63, 3.8) is 0 Å². The molecule has 0 unspecified atom stereocenters. The van der Waals surface area contributed by atoms with Crippen LogP contribution in [0.3, 0.4) is 0 Å². The Hall–Kier alpha value is -2.76. The maximum atomic E-state index is 13.2. The molecule has 0 spiro atoms. The van der Waals surface area contributed by atoms with Gasteiger partial charge in [0.2, 0.25) is 5.91 Å². The highest BCUT2D eigenvalue weighted by atomic mass is 19.1. The minimum absolute atomic E-state index is 0.0734. The van der Waals surface area contributed by atoms with Gasteiger partial charge in [0.25, 0.3) is 0 Å². The first-order valence-electron chi connectivity index (χ1n) is 8.23. The third-order valence-electron chi connectivity index (χ3n) is 4.60. The van der Waals surface area contributed by atoms with Crippen molar-refractivity contribution in [1.29, 1.82) is 0 Å². The van der Waals surface area contributed by atoms with Crippen molar-refractivity contribution in [2.45, 2.75) is 25.3 Å². The molecule has 6 heteroatoms. The van der Waals surface area contributed by atoms with Crippen LogP contribution in [-0.2, 0) is 16.0 Å². The highest BCUT2D eigenvalue weighted by molar-refractivity contribution is 5.81. The Balaban J connectivity index is 1.88. The summed E-state index contributed by atoms with van der Waals surface area (Å²) in [5.74, 6) is -2.10. The van der Waals surface area contributed by atoms with Gasteiger partial charge < -0.3 is 10.0 Å². The number of carboxylic acids is 1. The van der Waals surface area contributed by atoms with Crippen LogP contribution < -0.4 is 0 Å². The van der Waals surface area contributed by atoms with E-state index < -0.39 is 17.9 Å². The van der Waals surface area contributed by atoms with E-state index in [2.05, 4.69) is 4.98 Å². The normalized spacial score (nSPS) is 20.5. The van der Waals surface area contributed by atoms with Crippen LogP contribution in [0.25, 0.3) is 0 Å². The summed E-state index contributed by atoms with van der Waals surface area (Å²) in [5.41, 5.74) is 1.62. The lowest BCUT2D eigenvalue weighted by Crippen LogP contribution is -2.46. The number of hydrogen-bond donors (Lipinski definition) is 1. The SMILES string of the molecule is O=C(O)[C@@H]1CCC(=O)N(CCc2cccnc2)[C@@H]1c1ccc(F)cc1. The van der Waals surface area contributed by atoms with E-state index in [1.807, 2.05) is 12.1 Å². The molecule has 1 aromatic heterocycles. The number of pyridine rings is 1. The first-order chi connectivity index (χ1) is 12.1. The van der Waals surface area contributed by atoms with Gasteiger partial charge in [-0.2, -0.15) is 0 Å². The average molecular weight is 342 g/mol. The molecule has 1 fully saturated rings. The molecule has 1 aliphatic rings. The maximum absolute atomic E-state index is 13.2. The van der Waals surface area contributed by atoms with Crippen LogP contribution >= 0.6 is 0 Å². The molecule has 2 aromatic rings. The molecule has 1 aromatic carbocycles. The Labute approximate surface area is 145 Å². The summed E-state index contributed by atoms with van der Waals surface area (Å²) in [4.78, 5) is 29.9. The summed E-state index contributed by atoms with van der Waals surface area (Å²) in [6.07, 6.45) is 4.50. The number of carboxylic acid groups (broad SMARTS) is 1. The second kappa shape index (κ2) is 7.42. The fraction of sp³-hybridized carbons (Fsp3) is 0.316. The van der Waals surface area contributed by atoms with Crippen LogP contribution in [0.4, 0.5) is 4.39 Å². The van der Waals surface area contributed by atoms with Crippen LogP contribution in [0.2, 0.25) is 0 Å². The van der Waals surface area contributed by atoms with Crippen molar-refractivity contribution in [2.75, 3.05) is 6.54 Å². The molecule has 5 nitrogen and oxygen atoms in total. The quantitative estimate of drug-likeness (QED) is 0.907. The molecule has 2 atom stereocenters. The fourth-order valence-electron chi connectivity index (χ4n) is 3.34. The maximum Gasteiger partial charge on any atom is 0.308 e. The van der Waals surface area contributed by atoms with E-state index in [0.29, 0.717) is 24.9 Å². The van der Waals surface area contributed by atoms with E-state index in [1.54, 1.807) is 29.4 Å². The number of aliphatic carboxylic acids is 1. The van der Waals surface area contributed by atoms with Crippen molar-refractivity contribution in [2.24, 2.45) is 5.92 Å². The Kier molecular flexibility index (Phi) is 5.07. The third-order valence-corrected chi connectivity index (χ3v) is 4.60. The van der Waals surface area contributed by atoms with E-state index in [0.717, 1.165) is 5.56 Å². The summed E-state index contributed by atoms with van der Waals surface area (Å²) < 4.78 is 13.2. The molecule has 0 aliphatic carbocycles. The van der Waals surface area contributed by atoms with Gasteiger partial charge in [0.15, 0.2) is 0 Å². The number of nitrogens with zero attached hydrogens (tertiary/aromatic N) is 2. The number of amides is 1. The van der Waals surface area contributed by atoms with Gasteiger partial charge in [0.05, 0.1) is 12.0 Å². The second-order valence-corrected chi connectivity index (χ2v) is 6.18. The number of carbonyl (C=O) groups excluding carboxylic acids is 1. The van der Waals surface area contributed by atoms with Gasteiger partial charge >= 0.3 is 5.97 Å². The van der Waals surface area contributed by atoms with Gasteiger partial charge in [-0.15, -0.1) is 0 Å². The van der Waals surface area contributed by atoms with Gasteiger partial charge in [-0.25, -0.2) is 4.39 Å². The first-order valence-corrected chi connectivity index (χ1v) is 8.23. The Morgan fingerprint density at radius 2 is 2.04 bits per heavy atom. The van der Waals surface area contributed by atoms with E-state index in [1.165, 1.54) is 12.1 Å². The molecule has 1 aliphatic heterocycles. The lowest BCUT2D eigenvalue weighted by Gasteiger charge is -2.40. The van der Waals surface area contributed by atoms with Crippen molar-refractivity contribution < 1.29 is 19.1 Å². The zero-order valence-electron chi connectivity index (χ0n) is 13.6. The number of carbonyl (C=O) groups is 2.